The van der Waals surface area contributed by atoms with Crippen LogP contribution in [0, 0.1) is 5.92 Å². The Kier molecular flexibility index (Phi) is 5.56. The van der Waals surface area contributed by atoms with Gasteiger partial charge >= 0.3 is 0 Å². The summed E-state index contributed by atoms with van der Waals surface area (Å²) >= 11 is 0. The minimum absolute atomic E-state index is 0.0870. The van der Waals surface area contributed by atoms with E-state index in [1.807, 2.05) is 0 Å². The maximum Gasteiger partial charge on any atom is 0.263 e. The molecule has 1 unspecified atom stereocenters. The average Bonchev–Trinajstić information content (AvgIpc) is 2.26. The molecule has 0 aliphatic rings. The lowest BCUT2D eigenvalue weighted by molar-refractivity contribution is 0.151. The minimum atomic E-state index is -2.38. The first-order valence-corrected chi connectivity index (χ1v) is 6.09. The molecule has 0 bridgehead atoms. The van der Waals surface area contributed by atoms with Crippen molar-refractivity contribution in [2.75, 3.05) is 0 Å². The van der Waals surface area contributed by atoms with E-state index in [0.717, 1.165) is 18.5 Å². The van der Waals surface area contributed by atoms with E-state index in [1.54, 1.807) is 12.1 Å². The molecule has 1 nitrogen and oxygen atoms in total. The fraction of sp³-hybridized carbons (Fsp3) is 0.571. The standard InChI is InChI=1S/C14H21F2N/c1-10(2)8-11(3)17-9-12-4-6-13(7-5-12)14(15)16/h4-7,10-11,14,17H,8-9H2,1-3H3. The number of rotatable bonds is 6. The molecule has 0 aliphatic carbocycles. The van der Waals surface area contributed by atoms with Crippen LogP contribution in [-0.2, 0) is 6.54 Å². The molecule has 1 N–H and O–H groups in total. The van der Waals surface area contributed by atoms with Crippen molar-refractivity contribution in [1.82, 2.24) is 5.32 Å². The van der Waals surface area contributed by atoms with Gasteiger partial charge in [-0.05, 0) is 24.8 Å². The van der Waals surface area contributed by atoms with Crippen LogP contribution in [0.4, 0.5) is 8.78 Å². The molecule has 0 radical (unpaired) electrons. The normalized spacial score (nSPS) is 13.4. The molecule has 0 spiro atoms. The first kappa shape index (κ1) is 14.1. The summed E-state index contributed by atoms with van der Waals surface area (Å²) in [6.07, 6.45) is -1.26. The minimum Gasteiger partial charge on any atom is -0.310 e. The van der Waals surface area contributed by atoms with Gasteiger partial charge in [-0.3, -0.25) is 0 Å². The van der Waals surface area contributed by atoms with Crippen LogP contribution in [-0.4, -0.2) is 6.04 Å². The van der Waals surface area contributed by atoms with Crippen LogP contribution in [0.2, 0.25) is 0 Å². The molecule has 96 valence electrons. The van der Waals surface area contributed by atoms with E-state index >= 15 is 0 Å². The zero-order chi connectivity index (χ0) is 12.8. The largest absolute Gasteiger partial charge is 0.310 e. The third-order valence-electron chi connectivity index (χ3n) is 2.71. The second-order valence-electron chi connectivity index (χ2n) is 4.95. The van der Waals surface area contributed by atoms with E-state index in [0.29, 0.717) is 12.0 Å². The Morgan fingerprint density at radius 3 is 2.12 bits per heavy atom. The number of hydrogen-bond acceptors (Lipinski definition) is 1. The molecule has 0 saturated carbocycles. The van der Waals surface area contributed by atoms with Gasteiger partial charge in [0.25, 0.3) is 6.43 Å². The van der Waals surface area contributed by atoms with E-state index in [9.17, 15) is 8.78 Å². The molecule has 0 saturated heterocycles. The van der Waals surface area contributed by atoms with Crippen molar-refractivity contribution in [3.63, 3.8) is 0 Å². The molecule has 17 heavy (non-hydrogen) atoms. The van der Waals surface area contributed by atoms with E-state index in [2.05, 4.69) is 26.1 Å². The van der Waals surface area contributed by atoms with Crippen LogP contribution < -0.4 is 5.32 Å². The van der Waals surface area contributed by atoms with Gasteiger partial charge in [0.2, 0.25) is 0 Å². The first-order valence-electron chi connectivity index (χ1n) is 6.09. The van der Waals surface area contributed by atoms with Gasteiger partial charge in [-0.2, -0.15) is 0 Å². The SMILES string of the molecule is CC(C)CC(C)NCc1ccc(C(F)F)cc1. The first-order chi connectivity index (χ1) is 7.99. The van der Waals surface area contributed by atoms with Crippen LogP contribution in [0.1, 0.15) is 44.7 Å². The number of alkyl halides is 2. The van der Waals surface area contributed by atoms with Gasteiger partial charge in [-0.1, -0.05) is 38.1 Å². The molecule has 0 fully saturated rings. The predicted molar refractivity (Wildman–Crippen MR) is 67.2 cm³/mol. The monoisotopic (exact) mass is 241 g/mol. The van der Waals surface area contributed by atoms with E-state index in [-0.39, 0.29) is 5.56 Å². The Balaban J connectivity index is 2.42. The van der Waals surface area contributed by atoms with Crippen molar-refractivity contribution in [1.29, 1.82) is 0 Å². The molecule has 0 aliphatic heterocycles. The Morgan fingerprint density at radius 2 is 1.65 bits per heavy atom. The van der Waals surface area contributed by atoms with Crippen LogP contribution in [0.15, 0.2) is 24.3 Å². The van der Waals surface area contributed by atoms with E-state index in [4.69, 9.17) is 0 Å². The molecular weight excluding hydrogens is 220 g/mol. The highest BCUT2D eigenvalue weighted by molar-refractivity contribution is 5.23. The topological polar surface area (TPSA) is 12.0 Å². The summed E-state index contributed by atoms with van der Waals surface area (Å²) in [5, 5.41) is 3.39. The van der Waals surface area contributed by atoms with Gasteiger partial charge in [0.15, 0.2) is 0 Å². The highest BCUT2D eigenvalue weighted by atomic mass is 19.3. The van der Waals surface area contributed by atoms with Crippen molar-refractivity contribution >= 4 is 0 Å². The smallest absolute Gasteiger partial charge is 0.263 e. The molecule has 0 heterocycles. The number of hydrogen-bond donors (Lipinski definition) is 1. The molecule has 0 amide bonds. The maximum absolute atomic E-state index is 12.3. The highest BCUT2D eigenvalue weighted by Gasteiger charge is 2.07. The summed E-state index contributed by atoms with van der Waals surface area (Å²) in [5.41, 5.74) is 1.13. The van der Waals surface area contributed by atoms with Crippen molar-refractivity contribution in [3.05, 3.63) is 35.4 Å². The summed E-state index contributed by atoms with van der Waals surface area (Å²) in [5.74, 6) is 0.665. The molecule has 3 heteroatoms. The average molecular weight is 241 g/mol. The summed E-state index contributed by atoms with van der Waals surface area (Å²) in [6, 6.07) is 6.96. The Morgan fingerprint density at radius 1 is 1.06 bits per heavy atom. The lowest BCUT2D eigenvalue weighted by Crippen LogP contribution is -2.26. The lowest BCUT2D eigenvalue weighted by Gasteiger charge is -2.16. The van der Waals surface area contributed by atoms with Crippen LogP contribution in [0.5, 0.6) is 0 Å². The summed E-state index contributed by atoms with van der Waals surface area (Å²) < 4.78 is 24.7. The summed E-state index contributed by atoms with van der Waals surface area (Å²) in [6.45, 7) is 7.26. The number of nitrogens with one attached hydrogen (secondary N) is 1. The third kappa shape index (κ3) is 5.26. The van der Waals surface area contributed by atoms with Gasteiger partial charge in [0.05, 0.1) is 0 Å². The van der Waals surface area contributed by atoms with Crippen LogP contribution >= 0.6 is 0 Å². The van der Waals surface area contributed by atoms with Crippen LogP contribution in [0.3, 0.4) is 0 Å². The molecule has 1 aromatic rings. The van der Waals surface area contributed by atoms with Gasteiger partial charge in [0.1, 0.15) is 0 Å². The summed E-state index contributed by atoms with van der Waals surface area (Å²) in [7, 11) is 0. The van der Waals surface area contributed by atoms with Crippen molar-refractivity contribution in [2.24, 2.45) is 5.92 Å². The zero-order valence-electron chi connectivity index (χ0n) is 10.7. The lowest BCUT2D eigenvalue weighted by atomic mass is 10.0. The van der Waals surface area contributed by atoms with Gasteiger partial charge < -0.3 is 5.32 Å². The fourth-order valence-electron chi connectivity index (χ4n) is 1.86. The van der Waals surface area contributed by atoms with Crippen LogP contribution in [0.25, 0.3) is 0 Å². The molecular formula is C14H21F2N. The second kappa shape index (κ2) is 6.70. The highest BCUT2D eigenvalue weighted by Crippen LogP contribution is 2.18. The maximum atomic E-state index is 12.3. The van der Waals surface area contributed by atoms with Crippen molar-refractivity contribution < 1.29 is 8.78 Å². The Bertz CT molecular complexity index is 319. The number of benzene rings is 1. The van der Waals surface area contributed by atoms with Gasteiger partial charge in [0, 0.05) is 18.2 Å². The number of halogens is 2. The zero-order valence-corrected chi connectivity index (χ0v) is 10.7. The quantitative estimate of drug-likeness (QED) is 0.789. The predicted octanol–water partition coefficient (Wildman–Crippen LogP) is 4.15. The van der Waals surface area contributed by atoms with Gasteiger partial charge in [-0.25, -0.2) is 8.78 Å². The molecule has 0 aromatic heterocycles. The Hall–Kier alpha value is -0.960. The van der Waals surface area contributed by atoms with E-state index < -0.39 is 6.43 Å². The molecule has 1 aromatic carbocycles. The second-order valence-corrected chi connectivity index (χ2v) is 4.95. The Labute approximate surface area is 102 Å². The van der Waals surface area contributed by atoms with Crippen molar-refractivity contribution in [2.45, 2.75) is 46.2 Å². The third-order valence-corrected chi connectivity index (χ3v) is 2.71. The van der Waals surface area contributed by atoms with Crippen molar-refractivity contribution in [3.8, 4) is 0 Å². The summed E-state index contributed by atoms with van der Waals surface area (Å²) in [4.78, 5) is 0. The van der Waals surface area contributed by atoms with E-state index in [1.165, 1.54) is 12.1 Å². The molecule has 1 atom stereocenters. The fourth-order valence-corrected chi connectivity index (χ4v) is 1.86. The van der Waals surface area contributed by atoms with Gasteiger partial charge in [-0.15, -0.1) is 0 Å². The molecule has 1 rings (SSSR count).